The quantitative estimate of drug-likeness (QED) is 0.862. The van der Waals surface area contributed by atoms with Crippen LogP contribution in [0.25, 0.3) is 0 Å². The first-order chi connectivity index (χ1) is 9.29. The van der Waals surface area contributed by atoms with Crippen LogP contribution >= 0.6 is 0 Å². The molecule has 112 valence electrons. The van der Waals surface area contributed by atoms with Crippen molar-refractivity contribution in [2.24, 2.45) is 0 Å². The molecule has 1 fully saturated rings. The normalized spacial score (nSPS) is 20.1. The van der Waals surface area contributed by atoms with E-state index in [0.29, 0.717) is 18.9 Å². The van der Waals surface area contributed by atoms with Gasteiger partial charge in [-0.15, -0.1) is 0 Å². The summed E-state index contributed by atoms with van der Waals surface area (Å²) in [4.78, 5) is 21.1. The number of hydrogen-bond donors (Lipinski definition) is 1. The maximum absolute atomic E-state index is 12.5. The van der Waals surface area contributed by atoms with Gasteiger partial charge in [-0.2, -0.15) is 13.2 Å². The van der Waals surface area contributed by atoms with Gasteiger partial charge in [0, 0.05) is 33.1 Å². The molecule has 1 N–H and O–H groups in total. The number of piperidine rings is 1. The van der Waals surface area contributed by atoms with E-state index in [-0.39, 0.29) is 11.9 Å². The molecule has 0 unspecified atom stereocenters. The van der Waals surface area contributed by atoms with Crippen LogP contribution in [0.15, 0.2) is 6.20 Å². The van der Waals surface area contributed by atoms with Crippen LogP contribution in [0, 0.1) is 0 Å². The standard InChI is InChI=1S/C12H17F3N4O/c1-18(2)11(20)19-5-3-4-8(7-19)10-16-6-9(17-10)12(13,14)15/h6,8H,3-5,7H2,1-2H3,(H,16,17)/t8-/m1/s1. The van der Waals surface area contributed by atoms with Crippen LogP contribution in [-0.2, 0) is 6.18 Å². The van der Waals surface area contributed by atoms with Gasteiger partial charge in [-0.05, 0) is 12.8 Å². The molecule has 1 aromatic rings. The summed E-state index contributed by atoms with van der Waals surface area (Å²) in [6.07, 6.45) is -2.13. The van der Waals surface area contributed by atoms with Crippen molar-refractivity contribution in [1.82, 2.24) is 19.8 Å². The first-order valence-corrected chi connectivity index (χ1v) is 6.37. The number of carbonyl (C=O) groups is 1. The number of rotatable bonds is 1. The topological polar surface area (TPSA) is 52.2 Å². The molecule has 2 rings (SSSR count). The summed E-state index contributed by atoms with van der Waals surface area (Å²) in [5.41, 5.74) is -0.844. The first kappa shape index (κ1) is 14.7. The second kappa shape index (κ2) is 5.34. The number of nitrogens with zero attached hydrogens (tertiary/aromatic N) is 3. The lowest BCUT2D eigenvalue weighted by atomic mass is 9.97. The van der Waals surface area contributed by atoms with Crippen molar-refractivity contribution in [3.8, 4) is 0 Å². The predicted molar refractivity (Wildman–Crippen MR) is 66.2 cm³/mol. The Bertz CT molecular complexity index is 483. The first-order valence-electron chi connectivity index (χ1n) is 6.37. The van der Waals surface area contributed by atoms with Crippen molar-refractivity contribution in [3.63, 3.8) is 0 Å². The lowest BCUT2D eigenvalue weighted by molar-refractivity contribution is -0.141. The van der Waals surface area contributed by atoms with Gasteiger partial charge in [-0.3, -0.25) is 0 Å². The molecular formula is C12H17F3N4O. The van der Waals surface area contributed by atoms with Crippen LogP contribution in [0.1, 0.15) is 30.3 Å². The van der Waals surface area contributed by atoms with Gasteiger partial charge in [0.05, 0.1) is 6.20 Å². The summed E-state index contributed by atoms with van der Waals surface area (Å²) in [7, 11) is 3.31. The van der Waals surface area contributed by atoms with Crippen LogP contribution in [0.2, 0.25) is 0 Å². The largest absolute Gasteiger partial charge is 0.432 e. The number of halogens is 3. The Kier molecular flexibility index (Phi) is 3.92. The zero-order valence-electron chi connectivity index (χ0n) is 11.4. The molecule has 0 bridgehead atoms. The van der Waals surface area contributed by atoms with Crippen molar-refractivity contribution < 1.29 is 18.0 Å². The summed E-state index contributed by atoms with van der Waals surface area (Å²) in [5, 5.41) is 0. The van der Waals surface area contributed by atoms with Gasteiger partial charge in [0.15, 0.2) is 0 Å². The number of likely N-dealkylation sites (tertiary alicyclic amines) is 1. The van der Waals surface area contributed by atoms with E-state index in [2.05, 4.69) is 9.97 Å². The second-order valence-corrected chi connectivity index (χ2v) is 5.14. The number of alkyl halides is 3. The van der Waals surface area contributed by atoms with Crippen molar-refractivity contribution in [1.29, 1.82) is 0 Å². The van der Waals surface area contributed by atoms with E-state index in [1.165, 1.54) is 4.90 Å². The summed E-state index contributed by atoms with van der Waals surface area (Å²) >= 11 is 0. The number of nitrogens with one attached hydrogen (secondary N) is 1. The molecule has 8 heteroatoms. The van der Waals surface area contributed by atoms with E-state index in [1.54, 1.807) is 19.0 Å². The molecule has 1 aliphatic rings. The highest BCUT2D eigenvalue weighted by molar-refractivity contribution is 5.74. The maximum Gasteiger partial charge on any atom is 0.432 e. The Morgan fingerprint density at radius 3 is 2.75 bits per heavy atom. The lowest BCUT2D eigenvalue weighted by Crippen LogP contribution is -2.44. The number of hydrogen-bond acceptors (Lipinski definition) is 2. The summed E-state index contributed by atoms with van der Waals surface area (Å²) in [6.45, 7) is 1.02. The van der Waals surface area contributed by atoms with Crippen LogP contribution in [-0.4, -0.2) is 53.0 Å². The van der Waals surface area contributed by atoms with Gasteiger partial charge in [0.25, 0.3) is 0 Å². The molecule has 1 aliphatic heterocycles. The van der Waals surface area contributed by atoms with E-state index in [0.717, 1.165) is 19.0 Å². The van der Waals surface area contributed by atoms with Crippen molar-refractivity contribution in [3.05, 3.63) is 17.7 Å². The second-order valence-electron chi connectivity index (χ2n) is 5.14. The molecule has 0 spiro atoms. The van der Waals surface area contributed by atoms with Crippen LogP contribution < -0.4 is 0 Å². The molecule has 1 saturated heterocycles. The van der Waals surface area contributed by atoms with Gasteiger partial charge in [0.2, 0.25) is 0 Å². The number of imidazole rings is 1. The van der Waals surface area contributed by atoms with Gasteiger partial charge in [-0.25, -0.2) is 9.78 Å². The number of H-pyrrole nitrogens is 1. The Morgan fingerprint density at radius 1 is 1.50 bits per heavy atom. The fourth-order valence-corrected chi connectivity index (χ4v) is 2.35. The van der Waals surface area contributed by atoms with Crippen molar-refractivity contribution in [2.45, 2.75) is 24.9 Å². The van der Waals surface area contributed by atoms with Gasteiger partial charge >= 0.3 is 12.2 Å². The molecular weight excluding hydrogens is 273 g/mol. The SMILES string of the molecule is CN(C)C(=O)N1CCC[C@@H](c2ncc(C(F)(F)F)[nH]2)C1. The number of urea groups is 1. The summed E-state index contributed by atoms with van der Waals surface area (Å²) < 4.78 is 37.6. The van der Waals surface area contributed by atoms with E-state index < -0.39 is 11.9 Å². The van der Waals surface area contributed by atoms with E-state index in [9.17, 15) is 18.0 Å². The third-order valence-electron chi connectivity index (χ3n) is 3.36. The molecule has 0 aromatic carbocycles. The number of amides is 2. The molecule has 2 heterocycles. The highest BCUT2D eigenvalue weighted by atomic mass is 19.4. The van der Waals surface area contributed by atoms with E-state index >= 15 is 0 Å². The average Bonchev–Trinajstić information content (AvgIpc) is 2.87. The molecule has 0 saturated carbocycles. The van der Waals surface area contributed by atoms with E-state index in [4.69, 9.17) is 0 Å². The predicted octanol–water partition coefficient (Wildman–Crippen LogP) is 2.29. The minimum atomic E-state index is -4.42. The number of aromatic amines is 1. The third-order valence-corrected chi connectivity index (χ3v) is 3.36. The van der Waals surface area contributed by atoms with Gasteiger partial charge in [0.1, 0.15) is 11.5 Å². The summed E-state index contributed by atoms with van der Waals surface area (Å²) in [5.74, 6) is 0.123. The zero-order valence-corrected chi connectivity index (χ0v) is 11.4. The van der Waals surface area contributed by atoms with Crippen LogP contribution in [0.5, 0.6) is 0 Å². The van der Waals surface area contributed by atoms with E-state index in [1.807, 2.05) is 0 Å². The van der Waals surface area contributed by atoms with Crippen LogP contribution in [0.3, 0.4) is 0 Å². The fraction of sp³-hybridized carbons (Fsp3) is 0.667. The Hall–Kier alpha value is -1.73. The molecule has 0 aliphatic carbocycles. The lowest BCUT2D eigenvalue weighted by Gasteiger charge is -2.33. The highest BCUT2D eigenvalue weighted by Crippen LogP contribution is 2.31. The number of aromatic nitrogens is 2. The minimum Gasteiger partial charge on any atom is -0.338 e. The molecule has 5 nitrogen and oxygen atoms in total. The van der Waals surface area contributed by atoms with Gasteiger partial charge < -0.3 is 14.8 Å². The van der Waals surface area contributed by atoms with Crippen LogP contribution in [0.4, 0.5) is 18.0 Å². The minimum absolute atomic E-state index is 0.127. The Morgan fingerprint density at radius 2 is 2.20 bits per heavy atom. The molecule has 2 amide bonds. The Labute approximate surface area is 114 Å². The highest BCUT2D eigenvalue weighted by Gasteiger charge is 2.34. The van der Waals surface area contributed by atoms with Gasteiger partial charge in [-0.1, -0.05) is 0 Å². The summed E-state index contributed by atoms with van der Waals surface area (Å²) in [6, 6.07) is -0.127. The smallest absolute Gasteiger partial charge is 0.338 e. The molecule has 1 aromatic heterocycles. The number of carbonyl (C=O) groups excluding carboxylic acids is 1. The zero-order chi connectivity index (χ0) is 14.9. The molecule has 0 radical (unpaired) electrons. The molecule has 1 atom stereocenters. The third kappa shape index (κ3) is 3.05. The molecule has 20 heavy (non-hydrogen) atoms. The van der Waals surface area contributed by atoms with Crippen molar-refractivity contribution >= 4 is 6.03 Å². The van der Waals surface area contributed by atoms with Crippen molar-refractivity contribution in [2.75, 3.05) is 27.2 Å². The Balaban J connectivity index is 2.09. The monoisotopic (exact) mass is 290 g/mol. The maximum atomic E-state index is 12.5. The fourth-order valence-electron chi connectivity index (χ4n) is 2.35. The average molecular weight is 290 g/mol.